The number of nitrogens with zero attached hydrogens (tertiary/aromatic N) is 2. The van der Waals surface area contributed by atoms with Crippen LogP contribution in [0.5, 0.6) is 5.75 Å². The zero-order valence-electron chi connectivity index (χ0n) is 21.5. The minimum Gasteiger partial charge on any atom is -0.490 e. The van der Waals surface area contributed by atoms with E-state index in [1.165, 1.54) is 6.08 Å². The van der Waals surface area contributed by atoms with E-state index in [0.29, 0.717) is 36.6 Å². The van der Waals surface area contributed by atoms with Gasteiger partial charge in [0.15, 0.2) is 0 Å². The Balaban J connectivity index is 1.29. The number of carbonyl (C=O) groups is 3. The van der Waals surface area contributed by atoms with Crippen molar-refractivity contribution < 1.29 is 19.1 Å². The van der Waals surface area contributed by atoms with Crippen LogP contribution in [-0.4, -0.2) is 59.4 Å². The molecule has 1 aliphatic heterocycles. The number of nitrogens with one attached hydrogen (secondary N) is 2. The summed E-state index contributed by atoms with van der Waals surface area (Å²) in [5.41, 5.74) is 1.44. The molecule has 0 bridgehead atoms. The Morgan fingerprint density at radius 2 is 1.72 bits per heavy atom. The topological polar surface area (TPSA) is 101 Å². The average molecular weight is 547 g/mol. The molecule has 8 nitrogen and oxygen atoms in total. The highest BCUT2D eigenvalue weighted by molar-refractivity contribution is 6.30. The molecule has 1 atom stereocenters. The van der Waals surface area contributed by atoms with Crippen molar-refractivity contribution in [3.05, 3.63) is 101 Å². The highest BCUT2D eigenvalue weighted by Crippen LogP contribution is 2.18. The fourth-order valence-electron chi connectivity index (χ4n) is 4.22. The van der Waals surface area contributed by atoms with E-state index in [2.05, 4.69) is 15.6 Å². The number of pyridine rings is 1. The van der Waals surface area contributed by atoms with Crippen molar-refractivity contribution in [3.63, 3.8) is 0 Å². The van der Waals surface area contributed by atoms with Crippen molar-refractivity contribution in [2.45, 2.75) is 31.4 Å². The molecule has 1 saturated heterocycles. The maximum atomic E-state index is 13.1. The molecule has 2 aromatic carbocycles. The molecular formula is C30H31ClN4O4. The lowest BCUT2D eigenvalue weighted by Crippen LogP contribution is -2.51. The summed E-state index contributed by atoms with van der Waals surface area (Å²) in [4.78, 5) is 44.5. The molecule has 2 N–H and O–H groups in total. The van der Waals surface area contributed by atoms with Crippen LogP contribution in [0.25, 0.3) is 6.08 Å². The van der Waals surface area contributed by atoms with Gasteiger partial charge >= 0.3 is 0 Å². The predicted molar refractivity (Wildman–Crippen MR) is 150 cm³/mol. The minimum atomic E-state index is -0.903. The highest BCUT2D eigenvalue weighted by Gasteiger charge is 2.26. The predicted octanol–water partition coefficient (Wildman–Crippen LogP) is 3.66. The molecule has 1 aromatic heterocycles. The van der Waals surface area contributed by atoms with Crippen LogP contribution in [0.3, 0.4) is 0 Å². The summed E-state index contributed by atoms with van der Waals surface area (Å²) in [7, 11) is 0. The summed E-state index contributed by atoms with van der Waals surface area (Å²) < 4.78 is 5.99. The van der Waals surface area contributed by atoms with E-state index < -0.39 is 17.9 Å². The summed E-state index contributed by atoms with van der Waals surface area (Å²) in [6.45, 7) is 0.948. The zero-order valence-corrected chi connectivity index (χ0v) is 22.2. The van der Waals surface area contributed by atoms with E-state index >= 15 is 0 Å². The molecule has 0 unspecified atom stereocenters. The second-order valence-electron chi connectivity index (χ2n) is 9.20. The van der Waals surface area contributed by atoms with Crippen molar-refractivity contribution in [1.82, 2.24) is 20.5 Å². The molecule has 4 rings (SSSR count). The van der Waals surface area contributed by atoms with Gasteiger partial charge in [-0.25, -0.2) is 0 Å². The van der Waals surface area contributed by atoms with Crippen LogP contribution in [0.4, 0.5) is 0 Å². The monoisotopic (exact) mass is 546 g/mol. The lowest BCUT2D eigenvalue weighted by molar-refractivity contribution is -0.135. The molecule has 39 heavy (non-hydrogen) atoms. The number of carbonyl (C=O) groups excluding carboxylic acids is 3. The Bertz CT molecular complexity index is 1260. The third-order valence-corrected chi connectivity index (χ3v) is 6.58. The van der Waals surface area contributed by atoms with Crippen molar-refractivity contribution >= 4 is 35.4 Å². The molecule has 3 aromatic rings. The maximum absolute atomic E-state index is 13.1. The first-order valence-corrected chi connectivity index (χ1v) is 13.3. The Morgan fingerprint density at radius 1 is 1.00 bits per heavy atom. The van der Waals surface area contributed by atoms with Gasteiger partial charge < -0.3 is 20.3 Å². The number of amides is 3. The Morgan fingerprint density at radius 3 is 2.41 bits per heavy atom. The number of likely N-dealkylation sites (tertiary alicyclic amines) is 1. The molecule has 9 heteroatoms. The normalized spacial score (nSPS) is 14.5. The summed E-state index contributed by atoms with van der Waals surface area (Å²) in [5, 5.41) is 6.03. The number of benzene rings is 2. The molecule has 3 amide bonds. The standard InChI is InChI=1S/C30H31ClN4O4/c31-23-12-9-22(10-13-23)11-14-28(36)34-27(20-24-6-4-5-17-32-24)30(38)33-21-29(37)35-18-15-26(16-19-35)39-25-7-2-1-3-8-25/h1-14,17,26-27H,15-16,18-21H2,(H,33,38)(H,34,36)/b14-11+/t27-/m0/s1. The first-order valence-electron chi connectivity index (χ1n) is 12.9. The number of hydrogen-bond donors (Lipinski definition) is 2. The summed E-state index contributed by atoms with van der Waals surface area (Å²) >= 11 is 5.91. The van der Waals surface area contributed by atoms with Gasteiger partial charge in [0, 0.05) is 55.3 Å². The summed E-state index contributed by atoms with van der Waals surface area (Å²) in [5.74, 6) is -0.247. The highest BCUT2D eigenvalue weighted by atomic mass is 35.5. The Labute approximate surface area is 233 Å². The fraction of sp³-hybridized carbons (Fsp3) is 0.267. The lowest BCUT2D eigenvalue weighted by Gasteiger charge is -2.32. The largest absolute Gasteiger partial charge is 0.490 e. The first kappa shape index (κ1) is 27.9. The minimum absolute atomic E-state index is 0.0462. The maximum Gasteiger partial charge on any atom is 0.244 e. The fourth-order valence-corrected chi connectivity index (χ4v) is 4.34. The van der Waals surface area contributed by atoms with Crippen LogP contribution < -0.4 is 15.4 Å². The summed E-state index contributed by atoms with van der Waals surface area (Å²) in [6.07, 6.45) is 6.28. The van der Waals surface area contributed by atoms with Gasteiger partial charge in [0.05, 0.1) is 6.54 Å². The molecule has 0 radical (unpaired) electrons. The van der Waals surface area contributed by atoms with Crippen LogP contribution in [0.1, 0.15) is 24.1 Å². The van der Waals surface area contributed by atoms with Gasteiger partial charge in [0.2, 0.25) is 17.7 Å². The van der Waals surface area contributed by atoms with Gasteiger partial charge in [-0.1, -0.05) is 48.0 Å². The molecule has 1 aliphatic rings. The molecule has 0 saturated carbocycles. The SMILES string of the molecule is O=C(/C=C/c1ccc(Cl)cc1)N[C@@H](Cc1ccccn1)C(=O)NCC(=O)N1CCC(Oc2ccccc2)CC1. The molecule has 202 valence electrons. The van der Waals surface area contributed by atoms with Crippen LogP contribution >= 0.6 is 11.6 Å². The molecule has 2 heterocycles. The van der Waals surface area contributed by atoms with Gasteiger partial charge in [-0.15, -0.1) is 0 Å². The third kappa shape index (κ3) is 8.97. The quantitative estimate of drug-likeness (QED) is 0.378. The smallest absolute Gasteiger partial charge is 0.244 e. The van der Waals surface area contributed by atoms with Crippen molar-refractivity contribution in [2.24, 2.45) is 0 Å². The van der Waals surface area contributed by atoms with Crippen molar-refractivity contribution in [1.29, 1.82) is 0 Å². The Hall–Kier alpha value is -4.17. The first-order chi connectivity index (χ1) is 19.0. The van der Waals surface area contributed by atoms with Crippen LogP contribution in [-0.2, 0) is 20.8 Å². The van der Waals surface area contributed by atoms with Gasteiger partial charge in [-0.3, -0.25) is 19.4 Å². The van der Waals surface area contributed by atoms with Gasteiger partial charge in [-0.2, -0.15) is 0 Å². The van der Waals surface area contributed by atoms with E-state index in [0.717, 1.165) is 11.3 Å². The second-order valence-corrected chi connectivity index (χ2v) is 9.64. The lowest BCUT2D eigenvalue weighted by atomic mass is 10.1. The number of rotatable bonds is 10. The average Bonchev–Trinajstić information content (AvgIpc) is 2.96. The van der Waals surface area contributed by atoms with Crippen LogP contribution in [0.2, 0.25) is 5.02 Å². The third-order valence-electron chi connectivity index (χ3n) is 6.32. The van der Waals surface area contributed by atoms with Crippen LogP contribution in [0, 0.1) is 0 Å². The molecule has 0 spiro atoms. The van der Waals surface area contributed by atoms with Gasteiger partial charge in [0.25, 0.3) is 0 Å². The number of piperidine rings is 1. The zero-order chi connectivity index (χ0) is 27.5. The van der Waals surface area contributed by atoms with E-state index in [1.54, 1.807) is 53.6 Å². The number of halogens is 1. The molecule has 1 fully saturated rings. The number of ether oxygens (including phenoxy) is 1. The van der Waals surface area contributed by atoms with Gasteiger partial charge in [0.1, 0.15) is 17.9 Å². The van der Waals surface area contributed by atoms with Crippen LogP contribution in [0.15, 0.2) is 85.1 Å². The van der Waals surface area contributed by atoms with Crippen molar-refractivity contribution in [3.8, 4) is 5.75 Å². The van der Waals surface area contributed by atoms with Crippen molar-refractivity contribution in [2.75, 3.05) is 19.6 Å². The molecular weight excluding hydrogens is 516 g/mol. The second kappa shape index (κ2) is 14.1. The molecule has 0 aliphatic carbocycles. The summed E-state index contributed by atoms with van der Waals surface area (Å²) in [6, 6.07) is 21.1. The van der Waals surface area contributed by atoms with E-state index in [1.807, 2.05) is 36.4 Å². The number of aromatic nitrogens is 1. The van der Waals surface area contributed by atoms with E-state index in [4.69, 9.17) is 16.3 Å². The Kier molecular flexibility index (Phi) is 10.1. The van der Waals surface area contributed by atoms with E-state index in [-0.39, 0.29) is 25.0 Å². The number of para-hydroxylation sites is 1. The van der Waals surface area contributed by atoms with E-state index in [9.17, 15) is 14.4 Å². The number of hydrogen-bond acceptors (Lipinski definition) is 5. The van der Waals surface area contributed by atoms with Gasteiger partial charge in [-0.05, 0) is 48.0 Å².